The number of fused-ring (bicyclic) bond motifs is 1. The summed E-state index contributed by atoms with van der Waals surface area (Å²) >= 11 is 0. The van der Waals surface area contributed by atoms with E-state index in [-0.39, 0.29) is 36.8 Å². The van der Waals surface area contributed by atoms with E-state index in [1.165, 1.54) is 17.0 Å². The van der Waals surface area contributed by atoms with E-state index < -0.39 is 43.1 Å². The molecule has 2 atom stereocenters. The van der Waals surface area contributed by atoms with Crippen molar-refractivity contribution in [1.29, 1.82) is 0 Å². The van der Waals surface area contributed by atoms with Crippen LogP contribution in [0, 0.1) is 5.92 Å². The zero-order chi connectivity index (χ0) is 21.7. The number of ether oxygens (including phenoxy) is 1. The first-order chi connectivity index (χ1) is 14.0. The predicted molar refractivity (Wildman–Crippen MR) is 95.3 cm³/mol. The number of alkyl halides is 5. The van der Waals surface area contributed by atoms with E-state index in [0.717, 1.165) is 10.5 Å². The summed E-state index contributed by atoms with van der Waals surface area (Å²) in [6.45, 7) is -0.418. The second-order valence-corrected chi connectivity index (χ2v) is 8.29. The molecule has 0 bridgehead atoms. The molecule has 0 aliphatic carbocycles. The summed E-state index contributed by atoms with van der Waals surface area (Å²) in [6.07, 6.45) is -6.65. The third kappa shape index (κ3) is 4.28. The average Bonchev–Trinajstić information content (AvgIpc) is 2.59. The van der Waals surface area contributed by atoms with E-state index in [1.807, 2.05) is 0 Å². The molecule has 3 heterocycles. The summed E-state index contributed by atoms with van der Waals surface area (Å²) in [7, 11) is 0. The van der Waals surface area contributed by atoms with E-state index in [2.05, 4.69) is 0 Å². The van der Waals surface area contributed by atoms with Crippen molar-refractivity contribution >= 4 is 11.8 Å². The first-order valence-electron chi connectivity index (χ1n) is 9.72. The minimum absolute atomic E-state index is 0.0308. The molecule has 3 saturated heterocycles. The monoisotopic (exact) mass is 432 g/mol. The van der Waals surface area contributed by atoms with Crippen molar-refractivity contribution in [2.24, 2.45) is 5.92 Å². The number of halogens is 5. The maximum Gasteiger partial charge on any atom is 0.393 e. The third-order valence-corrected chi connectivity index (χ3v) is 5.89. The number of likely N-dealkylation sites (tertiary alicyclic amines) is 2. The van der Waals surface area contributed by atoms with Gasteiger partial charge in [-0.1, -0.05) is 24.3 Å². The minimum atomic E-state index is -4.27. The van der Waals surface area contributed by atoms with Crippen LogP contribution in [0.4, 0.5) is 26.7 Å². The smallest absolute Gasteiger partial charge is 0.364 e. The summed E-state index contributed by atoms with van der Waals surface area (Å²) in [6, 6.07) is 5.53. The second-order valence-electron chi connectivity index (χ2n) is 8.29. The molecule has 3 aliphatic heterocycles. The number of nitrogens with zero attached hydrogens (tertiary/aromatic N) is 2. The maximum absolute atomic E-state index is 14.4. The third-order valence-electron chi connectivity index (χ3n) is 5.89. The molecule has 0 aromatic heterocycles. The molecular formula is C20H21F5N2O3. The van der Waals surface area contributed by atoms with Gasteiger partial charge in [0.25, 0.3) is 5.92 Å². The van der Waals surface area contributed by atoms with Crippen molar-refractivity contribution in [2.75, 3.05) is 32.8 Å². The van der Waals surface area contributed by atoms with Crippen LogP contribution in [0.1, 0.15) is 23.5 Å². The van der Waals surface area contributed by atoms with E-state index in [9.17, 15) is 31.5 Å². The van der Waals surface area contributed by atoms with Gasteiger partial charge in [0, 0.05) is 37.9 Å². The van der Waals surface area contributed by atoms with Gasteiger partial charge in [0.1, 0.15) is 12.7 Å². The normalized spacial score (nSPS) is 26.9. The molecule has 1 aromatic rings. The van der Waals surface area contributed by atoms with Gasteiger partial charge in [-0.2, -0.15) is 13.2 Å². The number of Topliss-reactive ketones (excluding diaryl/α,β-unsaturated/α-hetero) is 1. The molecule has 10 heteroatoms. The van der Waals surface area contributed by atoms with E-state index in [1.54, 1.807) is 12.1 Å². The fourth-order valence-corrected chi connectivity index (χ4v) is 4.43. The lowest BCUT2D eigenvalue weighted by Crippen LogP contribution is -2.64. The highest BCUT2D eigenvalue weighted by atomic mass is 19.4. The molecule has 4 rings (SSSR count). The van der Waals surface area contributed by atoms with Gasteiger partial charge in [0.05, 0.1) is 13.0 Å². The second kappa shape index (κ2) is 7.47. The fourth-order valence-electron chi connectivity index (χ4n) is 4.43. The van der Waals surface area contributed by atoms with Crippen LogP contribution in [0.3, 0.4) is 0 Å². The van der Waals surface area contributed by atoms with Crippen LogP contribution in [-0.2, 0) is 16.0 Å². The average molecular weight is 432 g/mol. The fraction of sp³-hybridized carbons (Fsp3) is 0.600. The van der Waals surface area contributed by atoms with Crippen molar-refractivity contribution in [3.63, 3.8) is 0 Å². The molecule has 0 saturated carbocycles. The Morgan fingerprint density at radius 3 is 2.40 bits per heavy atom. The van der Waals surface area contributed by atoms with Gasteiger partial charge in [-0.05, 0) is 11.1 Å². The van der Waals surface area contributed by atoms with Gasteiger partial charge < -0.3 is 14.5 Å². The molecule has 0 radical (unpaired) electrons. The van der Waals surface area contributed by atoms with Gasteiger partial charge in [-0.15, -0.1) is 0 Å². The van der Waals surface area contributed by atoms with Gasteiger partial charge in [0.15, 0.2) is 5.78 Å². The van der Waals surface area contributed by atoms with Crippen LogP contribution >= 0.6 is 0 Å². The molecule has 2 amide bonds. The van der Waals surface area contributed by atoms with Crippen molar-refractivity contribution in [3.05, 3.63) is 35.4 Å². The van der Waals surface area contributed by atoms with Gasteiger partial charge in [-0.3, -0.25) is 4.79 Å². The van der Waals surface area contributed by atoms with Gasteiger partial charge >= 0.3 is 12.2 Å². The Balaban J connectivity index is 1.34. The van der Waals surface area contributed by atoms with Crippen LogP contribution in [-0.4, -0.2) is 72.6 Å². The molecule has 3 fully saturated rings. The summed E-state index contributed by atoms with van der Waals surface area (Å²) in [4.78, 5) is 26.8. The van der Waals surface area contributed by atoms with Crippen LogP contribution < -0.4 is 0 Å². The van der Waals surface area contributed by atoms with E-state index in [4.69, 9.17) is 4.74 Å². The lowest BCUT2D eigenvalue weighted by atomic mass is 9.85. The van der Waals surface area contributed by atoms with Crippen molar-refractivity contribution in [2.45, 2.75) is 37.0 Å². The molecule has 0 spiro atoms. The summed E-state index contributed by atoms with van der Waals surface area (Å²) in [5.74, 6) is -4.25. The molecule has 0 N–H and O–H groups in total. The molecular weight excluding hydrogens is 411 g/mol. The Morgan fingerprint density at radius 1 is 1.10 bits per heavy atom. The Bertz CT molecular complexity index is 821. The van der Waals surface area contributed by atoms with Crippen LogP contribution in [0.5, 0.6) is 0 Å². The van der Waals surface area contributed by atoms with Crippen LogP contribution in [0.25, 0.3) is 0 Å². The molecule has 5 nitrogen and oxygen atoms in total. The number of hydrogen-bond acceptors (Lipinski definition) is 3. The summed E-state index contributed by atoms with van der Waals surface area (Å²) in [5.41, 5.74) is 0.966. The molecule has 164 valence electrons. The zero-order valence-corrected chi connectivity index (χ0v) is 16.0. The minimum Gasteiger partial charge on any atom is -0.364 e. The molecule has 0 unspecified atom stereocenters. The molecule has 3 aliphatic rings. The van der Waals surface area contributed by atoms with E-state index >= 15 is 0 Å². The number of benzene rings is 1. The molecule has 1 aromatic carbocycles. The van der Waals surface area contributed by atoms with E-state index in [0.29, 0.717) is 13.1 Å². The maximum atomic E-state index is 14.4. The number of hydrogen-bond donors (Lipinski definition) is 0. The zero-order valence-electron chi connectivity index (χ0n) is 16.0. The highest BCUT2D eigenvalue weighted by Crippen LogP contribution is 2.38. The lowest BCUT2D eigenvalue weighted by molar-refractivity contribution is -0.204. The van der Waals surface area contributed by atoms with Crippen molar-refractivity contribution in [3.8, 4) is 0 Å². The van der Waals surface area contributed by atoms with Crippen LogP contribution in [0.2, 0.25) is 0 Å². The van der Waals surface area contributed by atoms with Gasteiger partial charge in [0.2, 0.25) is 0 Å². The summed E-state index contributed by atoms with van der Waals surface area (Å²) in [5, 5.41) is 0. The number of ketones is 1. The number of carbonyl (C=O) groups excluding carboxylic acids is 2. The highest BCUT2D eigenvalue weighted by molar-refractivity contribution is 5.81. The SMILES string of the molecule is O=C1CO[C@@H]2[C@H](C1)CN(C(=O)N1CC(c3ccc(CC(F)(F)F)cc3)C1)CC2(F)F. The Labute approximate surface area is 169 Å². The van der Waals surface area contributed by atoms with Gasteiger partial charge in [-0.25, -0.2) is 13.6 Å². The first-order valence-corrected chi connectivity index (χ1v) is 9.72. The molecule has 30 heavy (non-hydrogen) atoms. The number of urea groups is 1. The van der Waals surface area contributed by atoms with Crippen LogP contribution in [0.15, 0.2) is 24.3 Å². The predicted octanol–water partition coefficient (Wildman–Crippen LogP) is 3.24. The Kier molecular flexibility index (Phi) is 5.24. The Morgan fingerprint density at radius 2 is 1.77 bits per heavy atom. The van der Waals surface area contributed by atoms with Crippen molar-refractivity contribution < 1.29 is 36.3 Å². The number of piperidine rings is 1. The Hall–Kier alpha value is -2.23. The largest absolute Gasteiger partial charge is 0.393 e. The lowest BCUT2D eigenvalue weighted by Gasteiger charge is -2.48. The highest BCUT2D eigenvalue weighted by Gasteiger charge is 2.54. The number of amides is 2. The first kappa shape index (κ1) is 21.0. The number of carbonyl (C=O) groups is 2. The quantitative estimate of drug-likeness (QED) is 0.675. The summed E-state index contributed by atoms with van der Waals surface area (Å²) < 4.78 is 71.2. The topological polar surface area (TPSA) is 49.9 Å². The standard InChI is InChI=1S/C20H21F5N2O3/c21-19(22)11-27(7-14-5-16(28)10-30-17(14)19)18(29)26-8-15(9-26)13-3-1-12(2-4-13)6-20(23,24)25/h1-4,14-15,17H,5-11H2/t14-,17-/m1/s1. The van der Waals surface area contributed by atoms with Crippen molar-refractivity contribution in [1.82, 2.24) is 9.80 Å². The number of rotatable bonds is 2.